The molecule has 0 aliphatic rings. The summed E-state index contributed by atoms with van der Waals surface area (Å²) >= 11 is 0. The van der Waals surface area contributed by atoms with Crippen molar-refractivity contribution >= 4 is 23.8 Å². The van der Waals surface area contributed by atoms with Gasteiger partial charge in [0.25, 0.3) is 0 Å². The Morgan fingerprint density at radius 1 is 0.534 bits per heavy atom. The average Bonchev–Trinajstić information content (AvgIpc) is 3.21. The molecule has 0 bridgehead atoms. The number of rotatable bonds is 40. The van der Waals surface area contributed by atoms with Crippen LogP contribution in [0, 0.1) is 0 Å². The number of amides is 2. The van der Waals surface area contributed by atoms with Crippen LogP contribution in [0.25, 0.3) is 0 Å². The van der Waals surface area contributed by atoms with Crippen LogP contribution in [0.15, 0.2) is 72.9 Å². The van der Waals surface area contributed by atoms with Crippen molar-refractivity contribution in [2.75, 3.05) is 13.2 Å². The number of aliphatic hydroxyl groups is 1. The first-order chi connectivity index (χ1) is 28.3. The Morgan fingerprint density at radius 2 is 1.00 bits per heavy atom. The standard InChI is InChI=1S/C49H82N2O7/c1-3-5-7-9-11-13-15-17-18-19-20-22-24-26-28-33-37-41-48(55)58-44(38-34-30-27-25-23-21-16-14-12-10-8-6-4-2)39-35-31-29-32-36-40-46(53)50-42-47(54)51-45(43-52)49(56)57/h5,7,11,13,16-18,20-22,25,27,44-45,52H,3-4,6,8-10,12,14-15,19,23-24,26,28-43H2,1-2H3,(H,50,53)(H,51,54)(H,56,57)/b7-5-,13-11-,18-17-,21-16-,22-20-,27-25-. The van der Waals surface area contributed by atoms with Gasteiger partial charge in [-0.15, -0.1) is 0 Å². The fraction of sp³-hybridized carbons (Fsp3) is 0.673. The molecule has 4 N–H and O–H groups in total. The number of esters is 1. The van der Waals surface area contributed by atoms with Gasteiger partial charge in [0.1, 0.15) is 12.1 Å². The summed E-state index contributed by atoms with van der Waals surface area (Å²) in [5.41, 5.74) is 0. The molecular formula is C49H82N2O7. The van der Waals surface area contributed by atoms with E-state index in [1.54, 1.807) is 0 Å². The fourth-order valence-electron chi connectivity index (χ4n) is 6.21. The first kappa shape index (κ1) is 54.3. The van der Waals surface area contributed by atoms with Crippen molar-refractivity contribution in [2.45, 2.75) is 199 Å². The van der Waals surface area contributed by atoms with E-state index in [1.807, 2.05) is 0 Å². The monoisotopic (exact) mass is 811 g/mol. The molecule has 0 saturated heterocycles. The molecule has 0 rings (SSSR count). The van der Waals surface area contributed by atoms with Crippen molar-refractivity contribution in [3.8, 4) is 0 Å². The van der Waals surface area contributed by atoms with Crippen molar-refractivity contribution < 1.29 is 34.1 Å². The highest BCUT2D eigenvalue weighted by Gasteiger charge is 2.19. The lowest BCUT2D eigenvalue weighted by Crippen LogP contribution is -2.47. The normalized spacial score (nSPS) is 13.2. The Kier molecular flexibility index (Phi) is 40.1. The number of hydrogen-bond donors (Lipinski definition) is 4. The summed E-state index contributed by atoms with van der Waals surface area (Å²) in [5, 5.41) is 22.6. The summed E-state index contributed by atoms with van der Waals surface area (Å²) in [7, 11) is 0. The lowest BCUT2D eigenvalue weighted by Gasteiger charge is -2.18. The van der Waals surface area contributed by atoms with Gasteiger partial charge in [0.2, 0.25) is 11.8 Å². The molecule has 330 valence electrons. The molecule has 9 heteroatoms. The van der Waals surface area contributed by atoms with E-state index in [0.29, 0.717) is 12.8 Å². The number of ether oxygens (including phenoxy) is 1. The lowest BCUT2D eigenvalue weighted by atomic mass is 10.0. The zero-order valence-corrected chi connectivity index (χ0v) is 36.5. The number of carboxylic acids is 1. The first-order valence-electron chi connectivity index (χ1n) is 22.8. The van der Waals surface area contributed by atoms with Crippen LogP contribution < -0.4 is 10.6 Å². The highest BCUT2D eigenvalue weighted by atomic mass is 16.5. The predicted octanol–water partition coefficient (Wildman–Crippen LogP) is 11.5. The van der Waals surface area contributed by atoms with Crippen molar-refractivity contribution in [3.63, 3.8) is 0 Å². The van der Waals surface area contributed by atoms with Crippen LogP contribution in [0.3, 0.4) is 0 Å². The van der Waals surface area contributed by atoms with Crippen LogP contribution in [0.4, 0.5) is 0 Å². The van der Waals surface area contributed by atoms with Gasteiger partial charge in [0, 0.05) is 12.8 Å². The van der Waals surface area contributed by atoms with Gasteiger partial charge < -0.3 is 25.6 Å². The van der Waals surface area contributed by atoms with Crippen molar-refractivity contribution in [3.05, 3.63) is 72.9 Å². The molecule has 0 aliphatic heterocycles. The third-order valence-electron chi connectivity index (χ3n) is 9.69. The molecule has 2 atom stereocenters. The minimum Gasteiger partial charge on any atom is -0.480 e. The number of hydrogen-bond acceptors (Lipinski definition) is 6. The van der Waals surface area contributed by atoms with Crippen molar-refractivity contribution in [1.29, 1.82) is 0 Å². The molecule has 0 aromatic rings. The zero-order chi connectivity index (χ0) is 42.6. The quantitative estimate of drug-likeness (QED) is 0.0274. The largest absolute Gasteiger partial charge is 0.480 e. The Balaban J connectivity index is 4.44. The number of carbonyl (C=O) groups excluding carboxylic acids is 3. The minimum absolute atomic E-state index is 0.0739. The third kappa shape index (κ3) is 39.1. The van der Waals surface area contributed by atoms with Gasteiger partial charge in [-0.1, -0.05) is 145 Å². The molecular weight excluding hydrogens is 729 g/mol. The number of aliphatic hydroxyl groups excluding tert-OH is 1. The fourth-order valence-corrected chi connectivity index (χ4v) is 6.21. The highest BCUT2D eigenvalue weighted by Crippen LogP contribution is 2.17. The van der Waals surface area contributed by atoms with E-state index in [0.717, 1.165) is 122 Å². The van der Waals surface area contributed by atoms with Crippen LogP contribution in [0.1, 0.15) is 187 Å². The highest BCUT2D eigenvalue weighted by molar-refractivity contribution is 5.87. The number of carboxylic acid groups (broad SMARTS) is 1. The number of allylic oxidation sites excluding steroid dienone is 12. The summed E-state index contributed by atoms with van der Waals surface area (Å²) < 4.78 is 6.01. The molecule has 0 saturated carbocycles. The summed E-state index contributed by atoms with van der Waals surface area (Å²) in [6, 6.07) is -1.39. The zero-order valence-electron chi connectivity index (χ0n) is 36.5. The van der Waals surface area contributed by atoms with Gasteiger partial charge in [-0.25, -0.2) is 4.79 Å². The van der Waals surface area contributed by atoms with E-state index in [4.69, 9.17) is 14.9 Å². The predicted molar refractivity (Wildman–Crippen MR) is 240 cm³/mol. The summed E-state index contributed by atoms with van der Waals surface area (Å²) in [6.45, 7) is 3.34. The Bertz CT molecular complexity index is 1200. The Labute approximate surface area is 353 Å². The van der Waals surface area contributed by atoms with Crippen LogP contribution in [-0.2, 0) is 23.9 Å². The summed E-state index contributed by atoms with van der Waals surface area (Å²) in [4.78, 5) is 47.6. The van der Waals surface area contributed by atoms with Gasteiger partial charge >= 0.3 is 11.9 Å². The van der Waals surface area contributed by atoms with E-state index in [9.17, 15) is 19.2 Å². The Hall–Kier alpha value is -3.72. The van der Waals surface area contributed by atoms with Crippen LogP contribution in [-0.4, -0.2) is 59.3 Å². The van der Waals surface area contributed by atoms with Crippen molar-refractivity contribution in [2.24, 2.45) is 0 Å². The summed E-state index contributed by atoms with van der Waals surface area (Å²) in [5.74, 6) is -2.36. The number of carbonyl (C=O) groups is 4. The number of nitrogens with one attached hydrogen (secondary N) is 2. The Morgan fingerprint density at radius 3 is 1.55 bits per heavy atom. The van der Waals surface area contributed by atoms with Gasteiger partial charge in [-0.05, 0) is 103 Å². The maximum Gasteiger partial charge on any atom is 0.328 e. The van der Waals surface area contributed by atoms with Gasteiger partial charge in [-0.3, -0.25) is 14.4 Å². The lowest BCUT2D eigenvalue weighted by molar-refractivity contribution is -0.150. The van der Waals surface area contributed by atoms with E-state index in [2.05, 4.69) is 97.4 Å². The molecule has 0 fully saturated rings. The molecule has 2 amide bonds. The molecule has 2 unspecified atom stereocenters. The first-order valence-corrected chi connectivity index (χ1v) is 22.8. The smallest absolute Gasteiger partial charge is 0.328 e. The van der Waals surface area contributed by atoms with E-state index < -0.39 is 24.5 Å². The van der Waals surface area contributed by atoms with Gasteiger partial charge in [0.15, 0.2) is 0 Å². The molecule has 0 aliphatic carbocycles. The summed E-state index contributed by atoms with van der Waals surface area (Å²) in [6.07, 6.45) is 53.5. The van der Waals surface area contributed by atoms with Gasteiger partial charge in [-0.2, -0.15) is 0 Å². The van der Waals surface area contributed by atoms with Crippen LogP contribution >= 0.6 is 0 Å². The molecule has 0 spiro atoms. The molecule has 9 nitrogen and oxygen atoms in total. The van der Waals surface area contributed by atoms with Gasteiger partial charge in [0.05, 0.1) is 13.2 Å². The third-order valence-corrected chi connectivity index (χ3v) is 9.69. The maximum absolute atomic E-state index is 12.8. The van der Waals surface area contributed by atoms with Crippen LogP contribution in [0.5, 0.6) is 0 Å². The average molecular weight is 811 g/mol. The topological polar surface area (TPSA) is 142 Å². The second-order valence-electron chi connectivity index (χ2n) is 15.1. The minimum atomic E-state index is -1.39. The molecule has 0 heterocycles. The molecule has 0 aromatic heterocycles. The van der Waals surface area contributed by atoms with E-state index in [-0.39, 0.29) is 30.9 Å². The maximum atomic E-state index is 12.8. The van der Waals surface area contributed by atoms with Crippen molar-refractivity contribution in [1.82, 2.24) is 10.6 Å². The van der Waals surface area contributed by atoms with E-state index in [1.165, 1.54) is 32.1 Å². The second-order valence-corrected chi connectivity index (χ2v) is 15.1. The molecule has 0 radical (unpaired) electrons. The van der Waals surface area contributed by atoms with Crippen LogP contribution in [0.2, 0.25) is 0 Å². The number of aliphatic carboxylic acids is 1. The molecule has 0 aromatic carbocycles. The second kappa shape index (κ2) is 42.9. The SMILES string of the molecule is CC/C=C\C/C=C\C/C=C\C/C=C\CCCCCCC(=O)OC(CCC/C=C\C/C=C\CCCCCCC)CCCCCCCC(=O)NCC(=O)NC(CO)C(=O)O. The number of unbranched alkanes of at least 4 members (excludes halogenated alkanes) is 14. The molecule has 58 heavy (non-hydrogen) atoms. The van der Waals surface area contributed by atoms with E-state index >= 15 is 0 Å².